The molecule has 0 amide bonds. The summed E-state index contributed by atoms with van der Waals surface area (Å²) in [5.41, 5.74) is 2.34. The van der Waals surface area contributed by atoms with Crippen molar-refractivity contribution in [2.75, 3.05) is 0 Å². The van der Waals surface area contributed by atoms with Gasteiger partial charge in [0.1, 0.15) is 5.25 Å². The zero-order chi connectivity index (χ0) is 16.8. The van der Waals surface area contributed by atoms with E-state index in [4.69, 9.17) is 11.6 Å². The van der Waals surface area contributed by atoms with Gasteiger partial charge in [0, 0.05) is 10.6 Å². The van der Waals surface area contributed by atoms with Crippen LogP contribution >= 0.6 is 23.4 Å². The summed E-state index contributed by atoms with van der Waals surface area (Å²) in [5.74, 6) is -1.04. The van der Waals surface area contributed by atoms with Crippen molar-refractivity contribution >= 4 is 34.4 Å². The van der Waals surface area contributed by atoms with Crippen molar-refractivity contribution < 1.29 is 14.7 Å². The van der Waals surface area contributed by atoms with Gasteiger partial charge in [-0.05, 0) is 30.2 Å². The highest BCUT2D eigenvalue weighted by Gasteiger charge is 2.23. The smallest absolute Gasteiger partial charge is 0.321 e. The molecular weight excluding hydrogens is 332 g/mol. The lowest BCUT2D eigenvalue weighted by atomic mass is 10.0. The summed E-state index contributed by atoms with van der Waals surface area (Å²) in [6.45, 7) is 1.71. The standard InChI is InChI=1S/C18H15ClO3S/c1-2-5-16(20)23-17(18(21)22)13-10-8-12(9-11-13)14-6-3-4-7-15(14)19/h2-11,17H,1H3,(H,21,22). The number of benzene rings is 2. The second kappa shape index (κ2) is 7.99. The van der Waals surface area contributed by atoms with E-state index in [1.165, 1.54) is 6.08 Å². The third-order valence-corrected chi connectivity index (χ3v) is 4.57. The van der Waals surface area contributed by atoms with Crippen molar-refractivity contribution in [3.63, 3.8) is 0 Å². The summed E-state index contributed by atoms with van der Waals surface area (Å²) < 4.78 is 0. The fraction of sp³-hybridized carbons (Fsp3) is 0.111. The van der Waals surface area contributed by atoms with Gasteiger partial charge in [-0.25, -0.2) is 0 Å². The van der Waals surface area contributed by atoms with E-state index >= 15 is 0 Å². The predicted molar refractivity (Wildman–Crippen MR) is 94.7 cm³/mol. The monoisotopic (exact) mass is 346 g/mol. The number of carboxylic acids is 1. The maximum absolute atomic E-state index is 11.7. The molecule has 0 saturated heterocycles. The number of halogens is 1. The maximum Gasteiger partial charge on any atom is 0.321 e. The van der Waals surface area contributed by atoms with E-state index in [9.17, 15) is 14.7 Å². The van der Waals surface area contributed by atoms with Gasteiger partial charge in [0.25, 0.3) is 0 Å². The van der Waals surface area contributed by atoms with Crippen LogP contribution in [0.1, 0.15) is 17.7 Å². The number of hydrogen-bond donors (Lipinski definition) is 1. The van der Waals surface area contributed by atoms with Gasteiger partial charge >= 0.3 is 5.97 Å². The van der Waals surface area contributed by atoms with E-state index in [0.29, 0.717) is 10.6 Å². The van der Waals surface area contributed by atoms with Gasteiger partial charge in [-0.15, -0.1) is 0 Å². The number of thioether (sulfide) groups is 1. The Kier molecular flexibility index (Phi) is 6.02. The van der Waals surface area contributed by atoms with Crippen molar-refractivity contribution in [2.45, 2.75) is 12.2 Å². The Morgan fingerprint density at radius 1 is 1.13 bits per heavy atom. The number of carbonyl (C=O) groups is 2. The predicted octanol–water partition coefficient (Wildman–Crippen LogP) is 4.97. The van der Waals surface area contributed by atoms with Crippen molar-refractivity contribution in [1.82, 2.24) is 0 Å². The lowest BCUT2D eigenvalue weighted by Crippen LogP contribution is -2.10. The molecule has 0 aliphatic heterocycles. The average Bonchev–Trinajstić information content (AvgIpc) is 2.53. The van der Waals surface area contributed by atoms with E-state index in [1.807, 2.05) is 30.3 Å². The Hall–Kier alpha value is -2.04. The van der Waals surface area contributed by atoms with Crippen LogP contribution < -0.4 is 0 Å². The average molecular weight is 347 g/mol. The molecule has 2 aromatic carbocycles. The minimum Gasteiger partial charge on any atom is -0.480 e. The Balaban J connectivity index is 2.27. The summed E-state index contributed by atoms with van der Waals surface area (Å²) in [6, 6.07) is 14.5. The van der Waals surface area contributed by atoms with Gasteiger partial charge in [0.15, 0.2) is 0 Å². The van der Waals surface area contributed by atoms with Gasteiger partial charge < -0.3 is 5.11 Å². The molecule has 0 spiro atoms. The van der Waals surface area contributed by atoms with E-state index in [0.717, 1.165) is 22.9 Å². The van der Waals surface area contributed by atoms with Crippen LogP contribution in [0.5, 0.6) is 0 Å². The highest BCUT2D eigenvalue weighted by atomic mass is 35.5. The quantitative estimate of drug-likeness (QED) is 0.777. The number of carboxylic acid groups (broad SMARTS) is 1. The number of rotatable bonds is 5. The van der Waals surface area contributed by atoms with Gasteiger partial charge in [0.05, 0.1) is 0 Å². The first kappa shape index (κ1) is 17.3. The number of hydrogen-bond acceptors (Lipinski definition) is 3. The Morgan fingerprint density at radius 2 is 1.78 bits per heavy atom. The van der Waals surface area contributed by atoms with Crippen molar-refractivity contribution in [3.05, 3.63) is 71.3 Å². The van der Waals surface area contributed by atoms with Gasteiger partial charge in [-0.1, -0.05) is 71.9 Å². The molecule has 2 aromatic rings. The molecule has 0 aliphatic rings. The normalized spacial score (nSPS) is 12.3. The molecule has 0 saturated carbocycles. The molecule has 0 aromatic heterocycles. The third kappa shape index (κ3) is 4.47. The topological polar surface area (TPSA) is 54.4 Å². The molecule has 1 N–H and O–H groups in total. The number of aliphatic carboxylic acids is 1. The van der Waals surface area contributed by atoms with Gasteiger partial charge in [-0.2, -0.15) is 0 Å². The van der Waals surface area contributed by atoms with Crippen LogP contribution in [0.25, 0.3) is 11.1 Å². The minimum absolute atomic E-state index is 0.282. The molecule has 23 heavy (non-hydrogen) atoms. The van der Waals surface area contributed by atoms with Crippen LogP contribution in [0, 0.1) is 0 Å². The molecule has 3 nitrogen and oxygen atoms in total. The lowest BCUT2D eigenvalue weighted by molar-refractivity contribution is -0.136. The summed E-state index contributed by atoms with van der Waals surface area (Å²) in [4.78, 5) is 23.1. The van der Waals surface area contributed by atoms with Crippen LogP contribution in [-0.2, 0) is 9.59 Å². The molecule has 0 heterocycles. The van der Waals surface area contributed by atoms with E-state index in [-0.39, 0.29) is 5.12 Å². The largest absolute Gasteiger partial charge is 0.480 e. The van der Waals surface area contributed by atoms with Crippen LogP contribution in [-0.4, -0.2) is 16.2 Å². The molecule has 0 radical (unpaired) electrons. The molecule has 118 valence electrons. The SMILES string of the molecule is CC=CC(=O)SC(C(=O)O)c1ccc(-c2ccccc2Cl)cc1. The zero-order valence-electron chi connectivity index (χ0n) is 12.4. The van der Waals surface area contributed by atoms with Crippen LogP contribution in [0.3, 0.4) is 0 Å². The second-order valence-corrected chi connectivity index (χ2v) is 6.27. The van der Waals surface area contributed by atoms with Gasteiger partial charge in [0.2, 0.25) is 5.12 Å². The molecule has 0 fully saturated rings. The first-order valence-electron chi connectivity index (χ1n) is 6.94. The molecule has 1 unspecified atom stereocenters. The first-order chi connectivity index (χ1) is 11.0. The molecule has 2 rings (SSSR count). The zero-order valence-corrected chi connectivity index (χ0v) is 14.0. The Labute approximate surface area is 144 Å². The van der Waals surface area contributed by atoms with E-state index in [1.54, 1.807) is 31.2 Å². The van der Waals surface area contributed by atoms with Crippen LogP contribution in [0.4, 0.5) is 0 Å². The molecule has 0 aliphatic carbocycles. The summed E-state index contributed by atoms with van der Waals surface area (Å²) in [6.07, 6.45) is 2.95. The maximum atomic E-state index is 11.7. The molecule has 5 heteroatoms. The lowest BCUT2D eigenvalue weighted by Gasteiger charge is -2.12. The van der Waals surface area contributed by atoms with Crippen LogP contribution in [0.15, 0.2) is 60.7 Å². The molecule has 1 atom stereocenters. The summed E-state index contributed by atoms with van der Waals surface area (Å²) in [5, 5.41) is 8.77. The summed E-state index contributed by atoms with van der Waals surface area (Å²) >= 11 is 6.95. The third-order valence-electron chi connectivity index (χ3n) is 3.16. The van der Waals surface area contributed by atoms with Crippen LogP contribution in [0.2, 0.25) is 5.02 Å². The Bertz CT molecular complexity index is 738. The first-order valence-corrected chi connectivity index (χ1v) is 8.19. The molecule has 0 bridgehead atoms. The number of allylic oxidation sites excluding steroid dienone is 1. The highest BCUT2D eigenvalue weighted by Crippen LogP contribution is 2.33. The fourth-order valence-corrected chi connectivity index (χ4v) is 3.17. The van der Waals surface area contributed by atoms with E-state index < -0.39 is 11.2 Å². The molecular formula is C18H15ClO3S. The van der Waals surface area contributed by atoms with Crippen molar-refractivity contribution in [1.29, 1.82) is 0 Å². The van der Waals surface area contributed by atoms with Crippen molar-refractivity contribution in [3.8, 4) is 11.1 Å². The Morgan fingerprint density at radius 3 is 2.35 bits per heavy atom. The highest BCUT2D eigenvalue weighted by molar-refractivity contribution is 8.14. The fourth-order valence-electron chi connectivity index (χ4n) is 2.09. The summed E-state index contributed by atoms with van der Waals surface area (Å²) in [7, 11) is 0. The van der Waals surface area contributed by atoms with E-state index in [2.05, 4.69) is 0 Å². The number of carbonyl (C=O) groups excluding carboxylic acids is 1. The second-order valence-electron chi connectivity index (χ2n) is 4.76. The minimum atomic E-state index is -1.04. The van der Waals surface area contributed by atoms with Crippen molar-refractivity contribution in [2.24, 2.45) is 0 Å². The van der Waals surface area contributed by atoms with Gasteiger partial charge in [-0.3, -0.25) is 9.59 Å².